The number of ether oxygens (including phenoxy) is 2. The van der Waals surface area contributed by atoms with Crippen molar-refractivity contribution in [3.05, 3.63) is 53.6 Å². The number of hydrogen-bond acceptors (Lipinski definition) is 4. The van der Waals surface area contributed by atoms with Crippen molar-refractivity contribution in [1.29, 1.82) is 0 Å². The maximum absolute atomic E-state index is 11.9. The molecular weight excluding hydrogens is 296 g/mol. The lowest BCUT2D eigenvalue weighted by Gasteiger charge is -2.07. The van der Waals surface area contributed by atoms with Gasteiger partial charge >= 0.3 is 11.8 Å². The summed E-state index contributed by atoms with van der Waals surface area (Å²) in [5.41, 5.74) is 2.51. The first-order chi connectivity index (χ1) is 11.1. The fourth-order valence-corrected chi connectivity index (χ4v) is 2.25. The predicted octanol–water partition coefficient (Wildman–Crippen LogP) is 1.98. The Hall–Kier alpha value is -3.02. The average molecular weight is 312 g/mol. The second-order valence-corrected chi connectivity index (χ2v) is 5.19. The van der Waals surface area contributed by atoms with E-state index >= 15 is 0 Å². The Morgan fingerprint density at radius 1 is 1.04 bits per heavy atom. The molecule has 0 aliphatic carbocycles. The summed E-state index contributed by atoms with van der Waals surface area (Å²) < 4.78 is 10.4. The van der Waals surface area contributed by atoms with Gasteiger partial charge in [-0.25, -0.2) is 0 Å². The van der Waals surface area contributed by atoms with Crippen LogP contribution in [0.3, 0.4) is 0 Å². The van der Waals surface area contributed by atoms with Crippen LogP contribution in [-0.2, 0) is 16.1 Å². The molecular formula is C17H16N2O4. The molecule has 0 spiro atoms. The van der Waals surface area contributed by atoms with Crippen LogP contribution in [0.15, 0.2) is 42.5 Å². The van der Waals surface area contributed by atoms with Gasteiger partial charge in [-0.1, -0.05) is 29.8 Å². The number of amides is 2. The SMILES string of the molecule is Cc1cccc(CNC(=O)C(=O)Nc2ccc3c(c2)OCO3)c1. The zero-order valence-electron chi connectivity index (χ0n) is 12.6. The highest BCUT2D eigenvalue weighted by Gasteiger charge is 2.17. The fourth-order valence-electron chi connectivity index (χ4n) is 2.25. The van der Waals surface area contributed by atoms with E-state index in [2.05, 4.69) is 10.6 Å². The van der Waals surface area contributed by atoms with Crippen LogP contribution in [0.25, 0.3) is 0 Å². The maximum atomic E-state index is 11.9. The van der Waals surface area contributed by atoms with Gasteiger partial charge < -0.3 is 20.1 Å². The van der Waals surface area contributed by atoms with E-state index in [1.807, 2.05) is 31.2 Å². The van der Waals surface area contributed by atoms with Gasteiger partial charge in [0.05, 0.1) is 0 Å². The minimum Gasteiger partial charge on any atom is -0.454 e. The van der Waals surface area contributed by atoms with Crippen LogP contribution in [-0.4, -0.2) is 18.6 Å². The molecule has 0 radical (unpaired) electrons. The van der Waals surface area contributed by atoms with Crippen molar-refractivity contribution in [2.24, 2.45) is 0 Å². The summed E-state index contributed by atoms with van der Waals surface area (Å²) in [4.78, 5) is 23.8. The first-order valence-electron chi connectivity index (χ1n) is 7.16. The molecule has 0 bridgehead atoms. The molecule has 2 aromatic carbocycles. The molecule has 2 aromatic rings. The van der Waals surface area contributed by atoms with E-state index in [1.165, 1.54) is 0 Å². The fraction of sp³-hybridized carbons (Fsp3) is 0.176. The monoisotopic (exact) mass is 312 g/mol. The number of aryl methyl sites for hydroxylation is 1. The molecule has 1 heterocycles. The first-order valence-corrected chi connectivity index (χ1v) is 7.16. The number of anilines is 1. The average Bonchev–Trinajstić information content (AvgIpc) is 3.00. The second-order valence-electron chi connectivity index (χ2n) is 5.19. The lowest BCUT2D eigenvalue weighted by Crippen LogP contribution is -2.34. The Bertz CT molecular complexity index is 758. The molecule has 1 aliphatic heterocycles. The van der Waals surface area contributed by atoms with Crippen LogP contribution in [0, 0.1) is 6.92 Å². The standard InChI is InChI=1S/C17H16N2O4/c1-11-3-2-4-12(7-11)9-18-16(20)17(21)19-13-5-6-14-15(8-13)23-10-22-14/h2-8H,9-10H2,1H3,(H,18,20)(H,19,21). The van der Waals surface area contributed by atoms with Gasteiger partial charge in [0, 0.05) is 18.3 Å². The summed E-state index contributed by atoms with van der Waals surface area (Å²) in [5.74, 6) is -0.254. The number of nitrogens with one attached hydrogen (secondary N) is 2. The molecule has 0 fully saturated rings. The van der Waals surface area contributed by atoms with E-state index in [9.17, 15) is 9.59 Å². The number of benzene rings is 2. The molecule has 0 unspecified atom stereocenters. The number of fused-ring (bicyclic) bond motifs is 1. The van der Waals surface area contributed by atoms with Crippen LogP contribution in [0.1, 0.15) is 11.1 Å². The Kier molecular flexibility index (Phi) is 4.14. The Morgan fingerprint density at radius 3 is 2.70 bits per heavy atom. The number of hydrogen-bond donors (Lipinski definition) is 2. The normalized spacial score (nSPS) is 11.9. The minimum absolute atomic E-state index is 0.156. The smallest absolute Gasteiger partial charge is 0.313 e. The molecule has 1 aliphatic rings. The third-order valence-corrected chi connectivity index (χ3v) is 3.37. The number of carbonyl (C=O) groups excluding carboxylic acids is 2. The highest BCUT2D eigenvalue weighted by molar-refractivity contribution is 6.39. The van der Waals surface area contributed by atoms with Gasteiger partial charge in [-0.15, -0.1) is 0 Å². The van der Waals surface area contributed by atoms with Crippen molar-refractivity contribution in [1.82, 2.24) is 5.32 Å². The van der Waals surface area contributed by atoms with Crippen LogP contribution >= 0.6 is 0 Å². The van der Waals surface area contributed by atoms with Crippen molar-refractivity contribution < 1.29 is 19.1 Å². The van der Waals surface area contributed by atoms with E-state index in [-0.39, 0.29) is 6.79 Å². The molecule has 23 heavy (non-hydrogen) atoms. The molecule has 3 rings (SSSR count). The van der Waals surface area contributed by atoms with Gasteiger partial charge in [0.25, 0.3) is 0 Å². The summed E-state index contributed by atoms with van der Waals surface area (Å²) >= 11 is 0. The van der Waals surface area contributed by atoms with E-state index in [1.54, 1.807) is 18.2 Å². The molecule has 0 aromatic heterocycles. The quantitative estimate of drug-likeness (QED) is 0.850. The molecule has 0 saturated carbocycles. The first kappa shape index (κ1) is 14.9. The highest BCUT2D eigenvalue weighted by Crippen LogP contribution is 2.34. The van der Waals surface area contributed by atoms with Gasteiger partial charge in [-0.3, -0.25) is 9.59 Å². The molecule has 2 amide bonds. The van der Waals surface area contributed by atoms with E-state index < -0.39 is 11.8 Å². The van der Waals surface area contributed by atoms with Crippen LogP contribution in [0.4, 0.5) is 5.69 Å². The van der Waals surface area contributed by atoms with Gasteiger partial charge in [0.15, 0.2) is 11.5 Å². The third-order valence-electron chi connectivity index (χ3n) is 3.37. The minimum atomic E-state index is -0.725. The third kappa shape index (κ3) is 3.60. The maximum Gasteiger partial charge on any atom is 0.313 e. The summed E-state index contributed by atoms with van der Waals surface area (Å²) in [6.07, 6.45) is 0. The number of rotatable bonds is 3. The van der Waals surface area contributed by atoms with Gasteiger partial charge in [-0.2, -0.15) is 0 Å². The van der Waals surface area contributed by atoms with Crippen LogP contribution in [0.5, 0.6) is 11.5 Å². The van der Waals surface area contributed by atoms with Crippen molar-refractivity contribution in [2.45, 2.75) is 13.5 Å². The van der Waals surface area contributed by atoms with Crippen molar-refractivity contribution in [3.63, 3.8) is 0 Å². The summed E-state index contributed by atoms with van der Waals surface area (Å²) in [6, 6.07) is 12.7. The molecule has 6 nitrogen and oxygen atoms in total. The summed E-state index contributed by atoms with van der Waals surface area (Å²) in [7, 11) is 0. The van der Waals surface area contributed by atoms with Crippen molar-refractivity contribution in [3.8, 4) is 11.5 Å². The Balaban J connectivity index is 1.56. The van der Waals surface area contributed by atoms with Crippen LogP contribution in [0.2, 0.25) is 0 Å². The van der Waals surface area contributed by atoms with Gasteiger partial charge in [-0.05, 0) is 24.6 Å². The van der Waals surface area contributed by atoms with Crippen molar-refractivity contribution in [2.75, 3.05) is 12.1 Å². The zero-order valence-corrected chi connectivity index (χ0v) is 12.6. The number of carbonyl (C=O) groups is 2. The van der Waals surface area contributed by atoms with Gasteiger partial charge in [0.2, 0.25) is 6.79 Å². The molecule has 0 saturated heterocycles. The lowest BCUT2D eigenvalue weighted by atomic mass is 10.1. The molecule has 0 atom stereocenters. The molecule has 2 N–H and O–H groups in total. The summed E-state index contributed by atoms with van der Waals surface area (Å²) in [6.45, 7) is 2.43. The van der Waals surface area contributed by atoms with Crippen LogP contribution < -0.4 is 20.1 Å². The highest BCUT2D eigenvalue weighted by atomic mass is 16.7. The van der Waals surface area contributed by atoms with E-state index in [4.69, 9.17) is 9.47 Å². The molecule has 6 heteroatoms. The molecule has 118 valence electrons. The largest absolute Gasteiger partial charge is 0.454 e. The van der Waals surface area contributed by atoms with Crippen molar-refractivity contribution >= 4 is 17.5 Å². The topological polar surface area (TPSA) is 76.7 Å². The second kappa shape index (κ2) is 6.39. The zero-order chi connectivity index (χ0) is 16.2. The Morgan fingerprint density at radius 2 is 1.87 bits per heavy atom. The van der Waals surface area contributed by atoms with E-state index in [0.29, 0.717) is 23.7 Å². The Labute approximate surface area is 133 Å². The lowest BCUT2D eigenvalue weighted by molar-refractivity contribution is -0.136. The predicted molar refractivity (Wildman–Crippen MR) is 84.2 cm³/mol. The van der Waals surface area contributed by atoms with E-state index in [0.717, 1.165) is 11.1 Å². The summed E-state index contributed by atoms with van der Waals surface area (Å²) in [5, 5.41) is 5.12. The van der Waals surface area contributed by atoms with Gasteiger partial charge in [0.1, 0.15) is 0 Å².